The lowest BCUT2D eigenvalue weighted by Gasteiger charge is -2.16. The van der Waals surface area contributed by atoms with Crippen molar-refractivity contribution in [3.05, 3.63) is 24.3 Å². The number of hydrogen-bond acceptors (Lipinski definition) is 3. The van der Waals surface area contributed by atoms with Crippen molar-refractivity contribution in [2.45, 2.75) is 33.1 Å². The van der Waals surface area contributed by atoms with Crippen LogP contribution in [-0.2, 0) is 0 Å². The van der Waals surface area contributed by atoms with Gasteiger partial charge in [0.1, 0.15) is 0 Å². The topological polar surface area (TPSA) is 42.2 Å². The van der Waals surface area contributed by atoms with Gasteiger partial charge < -0.3 is 9.47 Å². The molecule has 0 aliphatic carbocycles. The van der Waals surface area contributed by atoms with Gasteiger partial charge in [-0.1, -0.05) is 12.1 Å². The molecule has 0 radical (unpaired) electrons. The van der Waals surface area contributed by atoms with Crippen LogP contribution in [0.4, 0.5) is 13.2 Å². The number of hydrogen-bond donors (Lipinski definition) is 0. The largest absolute Gasteiger partial charge is 0.573 e. The van der Waals surface area contributed by atoms with Gasteiger partial charge in [-0.2, -0.15) is 5.26 Å². The van der Waals surface area contributed by atoms with Gasteiger partial charge in [0.15, 0.2) is 11.5 Å². The first-order valence-electron chi connectivity index (χ1n) is 6.12. The highest BCUT2D eigenvalue weighted by Crippen LogP contribution is 2.32. The zero-order chi connectivity index (χ0) is 15.2. The Balaban J connectivity index is 2.55. The normalized spacial score (nSPS) is 11.8. The summed E-state index contributed by atoms with van der Waals surface area (Å²) in [5.41, 5.74) is -0.467. The van der Waals surface area contributed by atoms with Crippen LogP contribution >= 0.6 is 0 Å². The Morgan fingerprint density at radius 2 is 1.75 bits per heavy atom. The highest BCUT2D eigenvalue weighted by Gasteiger charge is 2.32. The Bertz CT molecular complexity index is 478. The molecule has 0 saturated heterocycles. The standard InChI is InChI=1S/C14H16F3NO2/c1-13(2,10-18)8-5-9-19-11-6-3-4-7-12(11)20-14(15,16)17/h3-4,6-7H,5,8-9H2,1-2H3. The monoisotopic (exact) mass is 287 g/mol. The Morgan fingerprint density at radius 3 is 2.30 bits per heavy atom. The van der Waals surface area contributed by atoms with Gasteiger partial charge in [-0.05, 0) is 38.8 Å². The summed E-state index contributed by atoms with van der Waals surface area (Å²) < 4.78 is 45.8. The van der Waals surface area contributed by atoms with Crippen LogP contribution in [0.5, 0.6) is 11.5 Å². The van der Waals surface area contributed by atoms with Gasteiger partial charge in [0.2, 0.25) is 0 Å². The van der Waals surface area contributed by atoms with Crippen LogP contribution in [0, 0.1) is 16.7 Å². The predicted molar refractivity (Wildman–Crippen MR) is 67.2 cm³/mol. The minimum atomic E-state index is -4.75. The summed E-state index contributed by atoms with van der Waals surface area (Å²) >= 11 is 0. The zero-order valence-corrected chi connectivity index (χ0v) is 11.3. The molecule has 20 heavy (non-hydrogen) atoms. The summed E-state index contributed by atoms with van der Waals surface area (Å²) in [6.45, 7) is 3.82. The second-order valence-electron chi connectivity index (χ2n) is 4.94. The van der Waals surface area contributed by atoms with E-state index in [1.54, 1.807) is 19.9 Å². The number of alkyl halides is 3. The van der Waals surface area contributed by atoms with Gasteiger partial charge in [-0.25, -0.2) is 0 Å². The minimum absolute atomic E-state index is 0.0413. The van der Waals surface area contributed by atoms with Crippen molar-refractivity contribution in [1.29, 1.82) is 5.26 Å². The van der Waals surface area contributed by atoms with E-state index in [1.807, 2.05) is 0 Å². The van der Waals surface area contributed by atoms with Crippen molar-refractivity contribution < 1.29 is 22.6 Å². The van der Waals surface area contributed by atoms with E-state index < -0.39 is 11.8 Å². The highest BCUT2D eigenvalue weighted by molar-refractivity contribution is 5.39. The predicted octanol–water partition coefficient (Wildman–Crippen LogP) is 4.29. The molecule has 0 atom stereocenters. The molecule has 0 unspecified atom stereocenters. The van der Waals surface area contributed by atoms with Crippen LogP contribution < -0.4 is 9.47 Å². The lowest BCUT2D eigenvalue weighted by Crippen LogP contribution is -2.18. The Hall–Kier alpha value is -1.90. The van der Waals surface area contributed by atoms with E-state index in [4.69, 9.17) is 10.00 Å². The van der Waals surface area contributed by atoms with Crippen molar-refractivity contribution in [3.63, 3.8) is 0 Å². The molecule has 6 heteroatoms. The third kappa shape index (κ3) is 5.83. The maximum atomic E-state index is 12.2. The lowest BCUT2D eigenvalue weighted by atomic mass is 9.90. The van der Waals surface area contributed by atoms with E-state index in [-0.39, 0.29) is 18.1 Å². The van der Waals surface area contributed by atoms with E-state index in [9.17, 15) is 13.2 Å². The fraction of sp³-hybridized carbons (Fsp3) is 0.500. The Labute approximate surface area is 115 Å². The molecule has 0 heterocycles. The first-order valence-corrected chi connectivity index (χ1v) is 6.12. The van der Waals surface area contributed by atoms with Crippen LogP contribution in [0.3, 0.4) is 0 Å². The van der Waals surface area contributed by atoms with Gasteiger partial charge in [0.05, 0.1) is 18.1 Å². The molecular formula is C14H16F3NO2. The van der Waals surface area contributed by atoms with Crippen LogP contribution in [0.2, 0.25) is 0 Å². The Kier molecular flexibility index (Phi) is 5.26. The third-order valence-electron chi connectivity index (χ3n) is 2.58. The number of halogens is 3. The molecule has 0 bridgehead atoms. The SMILES string of the molecule is CC(C)(C#N)CCCOc1ccccc1OC(F)(F)F. The van der Waals surface area contributed by atoms with Crippen molar-refractivity contribution in [2.24, 2.45) is 5.41 Å². The van der Waals surface area contributed by atoms with Gasteiger partial charge in [0.25, 0.3) is 0 Å². The molecule has 3 nitrogen and oxygen atoms in total. The molecule has 0 fully saturated rings. The minimum Gasteiger partial charge on any atom is -0.490 e. The van der Waals surface area contributed by atoms with Gasteiger partial charge in [-0.3, -0.25) is 0 Å². The molecule has 1 rings (SSSR count). The van der Waals surface area contributed by atoms with Crippen molar-refractivity contribution in [2.75, 3.05) is 6.61 Å². The molecule has 0 amide bonds. The summed E-state index contributed by atoms with van der Waals surface area (Å²) in [5, 5.41) is 8.85. The highest BCUT2D eigenvalue weighted by atomic mass is 19.4. The molecule has 0 spiro atoms. The molecule has 1 aromatic carbocycles. The summed E-state index contributed by atoms with van der Waals surface area (Å²) in [7, 11) is 0. The average molecular weight is 287 g/mol. The van der Waals surface area contributed by atoms with E-state index in [1.165, 1.54) is 18.2 Å². The van der Waals surface area contributed by atoms with Crippen LogP contribution in [-0.4, -0.2) is 13.0 Å². The Morgan fingerprint density at radius 1 is 1.15 bits per heavy atom. The van der Waals surface area contributed by atoms with Gasteiger partial charge in [0, 0.05) is 0 Å². The van der Waals surface area contributed by atoms with E-state index in [0.717, 1.165) is 0 Å². The smallest absolute Gasteiger partial charge is 0.490 e. The quantitative estimate of drug-likeness (QED) is 0.733. The second kappa shape index (κ2) is 6.51. The maximum absolute atomic E-state index is 12.2. The number of rotatable bonds is 6. The second-order valence-corrected chi connectivity index (χ2v) is 4.94. The molecular weight excluding hydrogens is 271 g/mol. The first kappa shape index (κ1) is 16.2. The first-order chi connectivity index (χ1) is 9.23. The summed E-state index contributed by atoms with van der Waals surface area (Å²) in [5.74, 6) is -0.320. The molecule has 0 saturated carbocycles. The number of ether oxygens (including phenoxy) is 2. The van der Waals surface area contributed by atoms with Crippen molar-refractivity contribution in [1.82, 2.24) is 0 Å². The lowest BCUT2D eigenvalue weighted by molar-refractivity contribution is -0.275. The maximum Gasteiger partial charge on any atom is 0.573 e. The molecule has 0 aromatic heterocycles. The molecule has 1 aromatic rings. The van der Waals surface area contributed by atoms with Crippen LogP contribution in [0.15, 0.2) is 24.3 Å². The third-order valence-corrected chi connectivity index (χ3v) is 2.58. The summed E-state index contributed by atoms with van der Waals surface area (Å²) in [6, 6.07) is 7.77. The molecule has 110 valence electrons. The fourth-order valence-corrected chi connectivity index (χ4v) is 1.53. The van der Waals surface area contributed by atoms with Crippen molar-refractivity contribution in [3.8, 4) is 17.6 Å². The van der Waals surface area contributed by atoms with Crippen LogP contribution in [0.1, 0.15) is 26.7 Å². The van der Waals surface area contributed by atoms with Crippen molar-refractivity contribution >= 4 is 0 Å². The summed E-state index contributed by atoms with van der Waals surface area (Å²) in [6.07, 6.45) is -3.57. The fourth-order valence-electron chi connectivity index (χ4n) is 1.53. The molecule has 0 aliphatic heterocycles. The van der Waals surface area contributed by atoms with E-state index in [0.29, 0.717) is 12.8 Å². The van der Waals surface area contributed by atoms with Gasteiger partial charge >= 0.3 is 6.36 Å². The van der Waals surface area contributed by atoms with E-state index >= 15 is 0 Å². The number of nitrogens with zero attached hydrogens (tertiary/aromatic N) is 1. The number of nitriles is 1. The molecule has 0 N–H and O–H groups in total. The summed E-state index contributed by atoms with van der Waals surface area (Å²) in [4.78, 5) is 0. The number of para-hydroxylation sites is 2. The van der Waals surface area contributed by atoms with Gasteiger partial charge in [-0.15, -0.1) is 13.2 Å². The molecule has 0 aliphatic rings. The average Bonchev–Trinajstić information content (AvgIpc) is 2.35. The number of benzene rings is 1. The van der Waals surface area contributed by atoms with E-state index in [2.05, 4.69) is 10.8 Å². The van der Waals surface area contributed by atoms with Crippen LogP contribution in [0.25, 0.3) is 0 Å². The zero-order valence-electron chi connectivity index (χ0n) is 11.3.